The molecule has 0 radical (unpaired) electrons. The molecule has 0 spiro atoms. The molecule has 3 heteroatoms. The van der Waals surface area contributed by atoms with E-state index in [1.54, 1.807) is 0 Å². The number of aliphatic hydroxyl groups excluding tert-OH is 1. The number of unbranched alkanes of at least 4 members (excludes halogenated alkanes) is 5. The molecule has 0 aliphatic rings. The van der Waals surface area contributed by atoms with E-state index in [0.717, 1.165) is 51.4 Å². The molecule has 0 aromatic rings. The van der Waals surface area contributed by atoms with Gasteiger partial charge in [-0.3, -0.25) is 4.79 Å². The normalized spacial score (nSPS) is 13.2. The van der Waals surface area contributed by atoms with E-state index in [9.17, 15) is 9.90 Å². The van der Waals surface area contributed by atoms with Crippen molar-refractivity contribution in [1.82, 2.24) is 0 Å². The molecule has 1 atom stereocenters. The van der Waals surface area contributed by atoms with Crippen molar-refractivity contribution in [2.75, 3.05) is 0 Å². The fourth-order valence-corrected chi connectivity index (χ4v) is 2.16. The quantitative estimate of drug-likeness (QED) is 0.355. The number of rotatable bonds is 14. The molecule has 0 bridgehead atoms. The van der Waals surface area contributed by atoms with Gasteiger partial charge in [0.05, 0.1) is 6.10 Å². The summed E-state index contributed by atoms with van der Waals surface area (Å²) in [6.45, 7) is 2.09. The zero-order valence-electron chi connectivity index (χ0n) is 13.5. The van der Waals surface area contributed by atoms with Crippen LogP contribution in [0.2, 0.25) is 0 Å². The van der Waals surface area contributed by atoms with Gasteiger partial charge in [0.1, 0.15) is 0 Å². The fraction of sp³-hybridized carbons (Fsp3) is 0.722. The van der Waals surface area contributed by atoms with Crippen LogP contribution in [-0.4, -0.2) is 22.3 Å². The molecule has 0 aliphatic heterocycles. The zero-order chi connectivity index (χ0) is 15.8. The number of hydrogen-bond acceptors (Lipinski definition) is 2. The van der Waals surface area contributed by atoms with Crippen LogP contribution in [0.25, 0.3) is 0 Å². The van der Waals surface area contributed by atoms with Crippen molar-refractivity contribution in [1.29, 1.82) is 0 Å². The summed E-state index contributed by atoms with van der Waals surface area (Å²) in [4.78, 5) is 10.3. The number of carboxylic acids is 1. The van der Waals surface area contributed by atoms with E-state index < -0.39 is 5.97 Å². The van der Waals surface area contributed by atoms with Crippen molar-refractivity contribution in [3.05, 3.63) is 24.3 Å². The molecule has 0 aromatic heterocycles. The van der Waals surface area contributed by atoms with Crippen molar-refractivity contribution in [2.45, 2.75) is 83.7 Å². The second kappa shape index (κ2) is 15.3. The van der Waals surface area contributed by atoms with Gasteiger partial charge in [0.25, 0.3) is 0 Å². The molecule has 0 fully saturated rings. The lowest BCUT2D eigenvalue weighted by Crippen LogP contribution is -2.02. The smallest absolute Gasteiger partial charge is 0.303 e. The minimum atomic E-state index is -0.687. The molecule has 0 aliphatic carbocycles. The van der Waals surface area contributed by atoms with Crippen LogP contribution < -0.4 is 0 Å². The van der Waals surface area contributed by atoms with Gasteiger partial charge in [0.2, 0.25) is 0 Å². The number of aliphatic hydroxyl groups is 1. The van der Waals surface area contributed by atoms with E-state index in [4.69, 9.17) is 5.11 Å². The summed E-state index contributed by atoms with van der Waals surface area (Å²) in [5.41, 5.74) is 0. The largest absolute Gasteiger partial charge is 0.481 e. The van der Waals surface area contributed by atoms with Crippen LogP contribution in [0, 0.1) is 0 Å². The minimum Gasteiger partial charge on any atom is -0.481 e. The SMILES string of the molecule is CCC[C@H](O)C/C=C/C/C=C/CCCCCCCC(=O)O. The Balaban J connectivity index is 3.29. The molecule has 3 nitrogen and oxygen atoms in total. The van der Waals surface area contributed by atoms with E-state index in [1.807, 2.05) is 0 Å². The van der Waals surface area contributed by atoms with Crippen molar-refractivity contribution in [3.63, 3.8) is 0 Å². The van der Waals surface area contributed by atoms with Crippen LogP contribution in [0.3, 0.4) is 0 Å². The fourth-order valence-electron chi connectivity index (χ4n) is 2.16. The molecule has 0 aromatic carbocycles. The average Bonchev–Trinajstić information content (AvgIpc) is 2.44. The summed E-state index contributed by atoms with van der Waals surface area (Å²) in [7, 11) is 0. The van der Waals surface area contributed by atoms with E-state index in [1.165, 1.54) is 12.8 Å². The highest BCUT2D eigenvalue weighted by molar-refractivity contribution is 5.66. The number of carboxylic acid groups (broad SMARTS) is 1. The Morgan fingerprint density at radius 1 is 1.00 bits per heavy atom. The second-order valence-electron chi connectivity index (χ2n) is 5.56. The average molecular weight is 296 g/mol. The number of hydrogen-bond donors (Lipinski definition) is 2. The van der Waals surface area contributed by atoms with Crippen molar-refractivity contribution in [2.24, 2.45) is 0 Å². The summed E-state index contributed by atoms with van der Waals surface area (Å²) >= 11 is 0. The summed E-state index contributed by atoms with van der Waals surface area (Å²) < 4.78 is 0. The van der Waals surface area contributed by atoms with Gasteiger partial charge >= 0.3 is 5.97 Å². The first-order chi connectivity index (χ1) is 10.2. The Morgan fingerprint density at radius 3 is 2.38 bits per heavy atom. The third-order valence-electron chi connectivity index (χ3n) is 3.40. The maximum Gasteiger partial charge on any atom is 0.303 e. The lowest BCUT2D eigenvalue weighted by molar-refractivity contribution is -0.137. The maximum absolute atomic E-state index is 10.3. The van der Waals surface area contributed by atoms with Gasteiger partial charge < -0.3 is 10.2 Å². The maximum atomic E-state index is 10.3. The molecule has 122 valence electrons. The highest BCUT2D eigenvalue weighted by Crippen LogP contribution is 2.08. The van der Waals surface area contributed by atoms with Crippen LogP contribution >= 0.6 is 0 Å². The van der Waals surface area contributed by atoms with E-state index in [2.05, 4.69) is 31.2 Å². The predicted octanol–water partition coefficient (Wildman–Crippen LogP) is 4.86. The number of aliphatic carboxylic acids is 1. The van der Waals surface area contributed by atoms with Gasteiger partial charge in [0.15, 0.2) is 0 Å². The summed E-state index contributed by atoms with van der Waals surface area (Å²) in [5.74, 6) is -0.687. The predicted molar refractivity (Wildman–Crippen MR) is 88.4 cm³/mol. The van der Waals surface area contributed by atoms with Gasteiger partial charge in [-0.05, 0) is 38.5 Å². The first-order valence-corrected chi connectivity index (χ1v) is 8.36. The number of allylic oxidation sites excluding steroid dienone is 3. The molecule has 0 unspecified atom stereocenters. The lowest BCUT2D eigenvalue weighted by atomic mass is 10.1. The van der Waals surface area contributed by atoms with E-state index in [0.29, 0.717) is 6.42 Å². The van der Waals surface area contributed by atoms with Gasteiger partial charge in [-0.25, -0.2) is 0 Å². The van der Waals surface area contributed by atoms with Gasteiger partial charge in [-0.1, -0.05) is 56.9 Å². The number of carbonyl (C=O) groups is 1. The van der Waals surface area contributed by atoms with Crippen LogP contribution in [0.4, 0.5) is 0 Å². The lowest BCUT2D eigenvalue weighted by Gasteiger charge is -2.03. The standard InChI is InChI=1S/C18H32O3/c1-2-14-17(19)15-12-10-8-6-4-3-5-7-9-11-13-16-18(20)21/h4,6,10,12,17,19H,2-3,5,7-9,11,13-16H2,1H3,(H,20,21)/b6-4+,12-10+/t17-/m0/s1. The van der Waals surface area contributed by atoms with Crippen LogP contribution in [0.15, 0.2) is 24.3 Å². The first-order valence-electron chi connectivity index (χ1n) is 8.36. The Bertz CT molecular complexity index is 295. The van der Waals surface area contributed by atoms with E-state index in [-0.39, 0.29) is 6.10 Å². The highest BCUT2D eigenvalue weighted by Gasteiger charge is 1.97. The van der Waals surface area contributed by atoms with Crippen LogP contribution in [0.5, 0.6) is 0 Å². The topological polar surface area (TPSA) is 57.5 Å². The monoisotopic (exact) mass is 296 g/mol. The molecule has 21 heavy (non-hydrogen) atoms. The van der Waals surface area contributed by atoms with E-state index >= 15 is 0 Å². The third-order valence-corrected chi connectivity index (χ3v) is 3.40. The summed E-state index contributed by atoms with van der Waals surface area (Å²) in [5, 5.41) is 18.0. The van der Waals surface area contributed by atoms with Crippen LogP contribution in [-0.2, 0) is 4.79 Å². The summed E-state index contributed by atoms with van der Waals surface area (Å²) in [6, 6.07) is 0. The van der Waals surface area contributed by atoms with Crippen molar-refractivity contribution < 1.29 is 15.0 Å². The zero-order valence-corrected chi connectivity index (χ0v) is 13.5. The molecule has 0 saturated carbocycles. The minimum absolute atomic E-state index is 0.184. The first kappa shape index (κ1) is 19.9. The molecular formula is C18H32O3. The Morgan fingerprint density at radius 2 is 1.67 bits per heavy atom. The van der Waals surface area contributed by atoms with Crippen molar-refractivity contribution >= 4 is 5.97 Å². The molecule has 0 heterocycles. The Kier molecular flexibility index (Phi) is 14.5. The second-order valence-corrected chi connectivity index (χ2v) is 5.56. The van der Waals surface area contributed by atoms with Crippen molar-refractivity contribution in [3.8, 4) is 0 Å². The van der Waals surface area contributed by atoms with Gasteiger partial charge in [-0.15, -0.1) is 0 Å². The molecule has 0 rings (SSSR count). The molecule has 0 saturated heterocycles. The Hall–Kier alpha value is -1.09. The molecule has 2 N–H and O–H groups in total. The molecular weight excluding hydrogens is 264 g/mol. The van der Waals surface area contributed by atoms with Gasteiger partial charge in [0, 0.05) is 6.42 Å². The molecule has 0 amide bonds. The van der Waals surface area contributed by atoms with Crippen LogP contribution in [0.1, 0.15) is 77.6 Å². The van der Waals surface area contributed by atoms with Gasteiger partial charge in [-0.2, -0.15) is 0 Å². The summed E-state index contributed by atoms with van der Waals surface area (Å²) in [6.07, 6.45) is 18.7. The third kappa shape index (κ3) is 16.9. The Labute approximate surface area is 129 Å². The highest BCUT2D eigenvalue weighted by atomic mass is 16.4.